The molecule has 284 valence electrons. The van der Waals surface area contributed by atoms with E-state index in [2.05, 4.69) is 24.4 Å². The highest BCUT2D eigenvalue weighted by Gasteiger charge is 2.42. The number of aromatic hydroxyl groups is 1. The number of aliphatic hydroxyl groups excluding tert-OH is 1. The van der Waals surface area contributed by atoms with Crippen LogP contribution in [0.25, 0.3) is 0 Å². The normalized spacial score (nSPS) is 18.5. The number of rotatable bonds is 22. The largest absolute Gasteiger partial charge is 0.508 e. The van der Waals surface area contributed by atoms with E-state index in [-0.39, 0.29) is 36.4 Å². The number of hydrogen-bond donors (Lipinski definition) is 3. The lowest BCUT2D eigenvalue weighted by Crippen LogP contribution is -2.38. The Morgan fingerprint density at radius 3 is 1.94 bits per heavy atom. The highest BCUT2D eigenvalue weighted by molar-refractivity contribution is 7.99. The number of carbonyl (C=O) groups excluding carboxylic acids is 1. The van der Waals surface area contributed by atoms with E-state index >= 15 is 0 Å². The van der Waals surface area contributed by atoms with Crippen molar-refractivity contribution in [1.82, 2.24) is 0 Å². The Morgan fingerprint density at radius 2 is 1.30 bits per heavy atom. The second kappa shape index (κ2) is 22.6. The van der Waals surface area contributed by atoms with Gasteiger partial charge >= 0.3 is 0 Å². The van der Waals surface area contributed by atoms with E-state index in [9.17, 15) is 15.0 Å². The molecule has 1 fully saturated rings. The molecule has 1 aliphatic heterocycles. The van der Waals surface area contributed by atoms with Crippen LogP contribution in [0.3, 0.4) is 0 Å². The highest BCUT2D eigenvalue weighted by atomic mass is 32.2. The van der Waals surface area contributed by atoms with Crippen molar-refractivity contribution in [3.05, 3.63) is 125 Å². The van der Waals surface area contributed by atoms with E-state index in [0.29, 0.717) is 12.2 Å². The Morgan fingerprint density at radius 1 is 0.679 bits per heavy atom. The molecule has 7 heteroatoms. The monoisotopic (exact) mass is 737 g/mol. The Bertz CT molecular complexity index is 1610. The standard InChI is InChI=1S/C46H59NO5S/c1-2-3-4-5-6-7-8-9-10-11-12-13-17-23-43(50)47-39-22-18-21-38(32-39)46-51-42(34-53-41-30-28-40(49)29-31-41)44(36-19-15-14-16-20-36)45(52-46)37-26-24-35(33-48)25-27-37/h14-16,18-22,24-32,42,44-46,48-49H,2-13,17,23,33-34H2,1H3,(H,47,50). The molecule has 0 spiro atoms. The average Bonchev–Trinajstić information content (AvgIpc) is 3.19. The zero-order valence-corrected chi connectivity index (χ0v) is 32.3. The van der Waals surface area contributed by atoms with Gasteiger partial charge in [-0.25, -0.2) is 0 Å². The van der Waals surface area contributed by atoms with Crippen molar-refractivity contribution in [2.45, 2.75) is 133 Å². The maximum atomic E-state index is 13.0. The lowest BCUT2D eigenvalue weighted by Gasteiger charge is -2.43. The molecule has 1 amide bonds. The molecule has 0 radical (unpaired) electrons. The molecular formula is C46H59NO5S. The number of hydrogen-bond acceptors (Lipinski definition) is 6. The van der Waals surface area contributed by atoms with E-state index in [1.165, 1.54) is 70.6 Å². The summed E-state index contributed by atoms with van der Waals surface area (Å²) >= 11 is 1.68. The van der Waals surface area contributed by atoms with Gasteiger partial charge in [0, 0.05) is 34.2 Å². The molecule has 4 aromatic carbocycles. The molecule has 0 bridgehead atoms. The summed E-state index contributed by atoms with van der Waals surface area (Å²) in [5, 5.41) is 22.7. The number of unbranched alkanes of at least 4 members (excludes halogenated alkanes) is 12. The average molecular weight is 738 g/mol. The van der Waals surface area contributed by atoms with Crippen LogP contribution in [0, 0.1) is 0 Å². The number of phenols is 1. The van der Waals surface area contributed by atoms with Gasteiger partial charge in [-0.05, 0) is 59.5 Å². The van der Waals surface area contributed by atoms with Crippen LogP contribution in [0.15, 0.2) is 108 Å². The van der Waals surface area contributed by atoms with Crippen LogP contribution in [-0.4, -0.2) is 28.0 Å². The molecule has 1 heterocycles. The Kier molecular flexibility index (Phi) is 17.3. The van der Waals surface area contributed by atoms with Gasteiger partial charge in [0.05, 0.1) is 18.8 Å². The minimum absolute atomic E-state index is 0.0244. The van der Waals surface area contributed by atoms with E-state index in [1.807, 2.05) is 78.9 Å². The predicted octanol–water partition coefficient (Wildman–Crippen LogP) is 12.0. The zero-order valence-electron chi connectivity index (χ0n) is 31.5. The Labute approximate surface area is 321 Å². The Balaban J connectivity index is 1.20. The maximum absolute atomic E-state index is 13.0. The first-order valence-corrected chi connectivity index (χ1v) is 20.9. The number of phenolic OH excluding ortho intramolecular Hbond substituents is 1. The van der Waals surface area contributed by atoms with Gasteiger partial charge in [0.25, 0.3) is 0 Å². The van der Waals surface area contributed by atoms with E-state index in [1.54, 1.807) is 23.9 Å². The SMILES string of the molecule is CCCCCCCCCCCCCCCC(=O)Nc1cccc(C2OC(CSc3ccc(O)cc3)C(c3ccccc3)C(c3ccc(CO)cc3)O2)c1. The fourth-order valence-corrected chi connectivity index (χ4v) is 8.13. The molecule has 5 rings (SSSR count). The summed E-state index contributed by atoms with van der Waals surface area (Å²) < 4.78 is 13.7. The summed E-state index contributed by atoms with van der Waals surface area (Å²) in [6.07, 6.45) is 15.9. The van der Waals surface area contributed by atoms with Crippen LogP contribution in [0.2, 0.25) is 0 Å². The van der Waals surface area contributed by atoms with Gasteiger partial charge in [-0.3, -0.25) is 4.79 Å². The molecule has 1 saturated heterocycles. The molecule has 1 aliphatic rings. The molecule has 6 nitrogen and oxygen atoms in total. The number of aliphatic hydroxyl groups is 1. The van der Waals surface area contributed by atoms with Crippen molar-refractivity contribution in [1.29, 1.82) is 0 Å². The third-order valence-corrected chi connectivity index (χ3v) is 11.3. The second-order valence-electron chi connectivity index (χ2n) is 14.4. The smallest absolute Gasteiger partial charge is 0.224 e. The molecule has 4 unspecified atom stereocenters. The number of carbonyl (C=O) groups is 1. The van der Waals surface area contributed by atoms with Crippen molar-refractivity contribution in [2.24, 2.45) is 0 Å². The third kappa shape index (κ3) is 13.3. The molecule has 0 aromatic heterocycles. The minimum Gasteiger partial charge on any atom is -0.508 e. The van der Waals surface area contributed by atoms with Gasteiger partial charge in [0.2, 0.25) is 5.91 Å². The van der Waals surface area contributed by atoms with Crippen LogP contribution in [-0.2, 0) is 20.9 Å². The van der Waals surface area contributed by atoms with Crippen LogP contribution in [0.1, 0.15) is 137 Å². The van der Waals surface area contributed by atoms with Crippen LogP contribution in [0.5, 0.6) is 5.75 Å². The summed E-state index contributed by atoms with van der Waals surface area (Å²) in [4.78, 5) is 14.0. The molecule has 53 heavy (non-hydrogen) atoms. The van der Waals surface area contributed by atoms with Crippen LogP contribution >= 0.6 is 11.8 Å². The summed E-state index contributed by atoms with van der Waals surface area (Å²) in [6.45, 7) is 2.24. The van der Waals surface area contributed by atoms with Crippen LogP contribution in [0.4, 0.5) is 5.69 Å². The summed E-state index contributed by atoms with van der Waals surface area (Å²) in [5.41, 5.74) is 4.54. The first kappa shape index (κ1) is 40.6. The number of thioether (sulfide) groups is 1. The predicted molar refractivity (Wildman–Crippen MR) is 217 cm³/mol. The quantitative estimate of drug-likeness (QED) is 0.0550. The van der Waals surface area contributed by atoms with Crippen LogP contribution < -0.4 is 5.32 Å². The lowest BCUT2D eigenvalue weighted by atomic mass is 9.84. The lowest BCUT2D eigenvalue weighted by molar-refractivity contribution is -0.255. The maximum Gasteiger partial charge on any atom is 0.224 e. The van der Waals surface area contributed by atoms with Gasteiger partial charge in [0.1, 0.15) is 5.75 Å². The minimum atomic E-state index is -0.666. The van der Waals surface area contributed by atoms with Crippen molar-refractivity contribution in [3.63, 3.8) is 0 Å². The molecule has 4 aromatic rings. The molecular weight excluding hydrogens is 679 g/mol. The first-order chi connectivity index (χ1) is 26.0. The molecule has 0 saturated carbocycles. The highest BCUT2D eigenvalue weighted by Crippen LogP contribution is 2.48. The summed E-state index contributed by atoms with van der Waals surface area (Å²) in [6, 6.07) is 33.4. The number of ether oxygens (including phenoxy) is 2. The van der Waals surface area contributed by atoms with Crippen molar-refractivity contribution in [2.75, 3.05) is 11.1 Å². The van der Waals surface area contributed by atoms with Gasteiger partial charge in [-0.1, -0.05) is 151 Å². The van der Waals surface area contributed by atoms with Gasteiger partial charge in [0.15, 0.2) is 6.29 Å². The number of amides is 1. The first-order valence-electron chi connectivity index (χ1n) is 19.9. The topological polar surface area (TPSA) is 88.0 Å². The molecule has 0 aliphatic carbocycles. The zero-order chi connectivity index (χ0) is 37.1. The van der Waals surface area contributed by atoms with Crippen molar-refractivity contribution >= 4 is 23.4 Å². The second-order valence-corrected chi connectivity index (χ2v) is 15.5. The molecule has 4 atom stereocenters. The van der Waals surface area contributed by atoms with Crippen molar-refractivity contribution in [3.8, 4) is 5.75 Å². The van der Waals surface area contributed by atoms with Gasteiger partial charge in [-0.2, -0.15) is 0 Å². The van der Waals surface area contributed by atoms with Gasteiger partial charge < -0.3 is 25.0 Å². The summed E-state index contributed by atoms with van der Waals surface area (Å²) in [5.74, 6) is 0.817. The van der Waals surface area contributed by atoms with E-state index in [4.69, 9.17) is 9.47 Å². The Hall–Kier alpha value is -3.62. The van der Waals surface area contributed by atoms with Crippen molar-refractivity contribution < 1.29 is 24.5 Å². The summed E-state index contributed by atoms with van der Waals surface area (Å²) in [7, 11) is 0. The fourth-order valence-electron chi connectivity index (χ4n) is 7.16. The van der Waals surface area contributed by atoms with Gasteiger partial charge in [-0.15, -0.1) is 11.8 Å². The fraction of sp³-hybridized carbons (Fsp3) is 0.457. The number of nitrogens with one attached hydrogen (secondary N) is 1. The van der Waals surface area contributed by atoms with E-state index < -0.39 is 6.29 Å². The number of anilines is 1. The number of benzene rings is 4. The van der Waals surface area contributed by atoms with E-state index in [0.717, 1.165) is 45.7 Å². The molecule has 3 N–H and O–H groups in total. The third-order valence-electron chi connectivity index (χ3n) is 10.2.